The molecule has 0 aliphatic heterocycles. The largest absolute Gasteiger partial charge is 0.352 e. The summed E-state index contributed by atoms with van der Waals surface area (Å²) in [6.45, 7) is 5.14. The van der Waals surface area contributed by atoms with Crippen molar-refractivity contribution in [3.63, 3.8) is 0 Å². The van der Waals surface area contributed by atoms with E-state index in [0.717, 1.165) is 37.1 Å². The zero-order valence-electron chi connectivity index (χ0n) is 17.4. The SMILES string of the molecule is Cc1[nH]ncc1CCCNC(=O)c1ccc(C(=O)NCCCc2cn[nH]c2C)cc1. The van der Waals surface area contributed by atoms with E-state index < -0.39 is 0 Å². The minimum absolute atomic E-state index is 0.138. The van der Waals surface area contributed by atoms with E-state index in [2.05, 4.69) is 31.0 Å². The summed E-state index contributed by atoms with van der Waals surface area (Å²) in [7, 11) is 0. The predicted molar refractivity (Wildman–Crippen MR) is 114 cm³/mol. The molecule has 0 aliphatic rings. The van der Waals surface area contributed by atoms with Gasteiger partial charge in [0.25, 0.3) is 11.8 Å². The smallest absolute Gasteiger partial charge is 0.251 e. The number of aromatic amines is 2. The minimum Gasteiger partial charge on any atom is -0.352 e. The number of aryl methyl sites for hydroxylation is 4. The maximum Gasteiger partial charge on any atom is 0.251 e. The molecule has 3 rings (SSSR count). The third-order valence-electron chi connectivity index (χ3n) is 5.09. The number of nitrogens with one attached hydrogen (secondary N) is 4. The van der Waals surface area contributed by atoms with E-state index in [-0.39, 0.29) is 11.8 Å². The third-order valence-corrected chi connectivity index (χ3v) is 5.09. The zero-order chi connectivity index (χ0) is 21.3. The van der Waals surface area contributed by atoms with E-state index in [1.54, 1.807) is 24.3 Å². The molecular weight excluding hydrogens is 380 g/mol. The first-order chi connectivity index (χ1) is 14.5. The van der Waals surface area contributed by atoms with Crippen LogP contribution in [-0.2, 0) is 12.8 Å². The van der Waals surface area contributed by atoms with Gasteiger partial charge in [-0.05, 0) is 74.9 Å². The summed E-state index contributed by atoms with van der Waals surface area (Å²) in [6.07, 6.45) is 7.04. The van der Waals surface area contributed by atoms with Crippen LogP contribution in [0.3, 0.4) is 0 Å². The van der Waals surface area contributed by atoms with Gasteiger partial charge in [0.2, 0.25) is 0 Å². The van der Waals surface area contributed by atoms with Crippen LogP contribution in [0.2, 0.25) is 0 Å². The highest BCUT2D eigenvalue weighted by Gasteiger charge is 2.09. The molecule has 0 saturated carbocycles. The van der Waals surface area contributed by atoms with Crippen LogP contribution in [0, 0.1) is 13.8 Å². The van der Waals surface area contributed by atoms with Crippen LogP contribution in [0.1, 0.15) is 56.1 Å². The Kier molecular flexibility index (Phi) is 7.37. The van der Waals surface area contributed by atoms with Crippen LogP contribution < -0.4 is 10.6 Å². The monoisotopic (exact) mass is 408 g/mol. The molecule has 158 valence electrons. The maximum atomic E-state index is 12.3. The minimum atomic E-state index is -0.138. The molecule has 0 bridgehead atoms. The molecule has 2 aromatic heterocycles. The Morgan fingerprint density at radius 3 is 1.50 bits per heavy atom. The van der Waals surface area contributed by atoms with Gasteiger partial charge in [-0.3, -0.25) is 19.8 Å². The molecule has 8 nitrogen and oxygen atoms in total. The molecule has 0 spiro atoms. The van der Waals surface area contributed by atoms with Gasteiger partial charge in [-0.1, -0.05) is 0 Å². The van der Waals surface area contributed by atoms with Crippen molar-refractivity contribution in [2.45, 2.75) is 39.5 Å². The Hall–Kier alpha value is -3.42. The molecule has 2 amide bonds. The lowest BCUT2D eigenvalue weighted by atomic mass is 10.1. The number of carbonyl (C=O) groups is 2. The number of hydrogen-bond acceptors (Lipinski definition) is 4. The van der Waals surface area contributed by atoms with Crippen LogP contribution >= 0.6 is 0 Å². The Balaban J connectivity index is 1.37. The Morgan fingerprint density at radius 2 is 1.17 bits per heavy atom. The molecule has 0 aliphatic carbocycles. The van der Waals surface area contributed by atoms with Crippen LogP contribution in [0.15, 0.2) is 36.7 Å². The van der Waals surface area contributed by atoms with Gasteiger partial charge >= 0.3 is 0 Å². The fourth-order valence-electron chi connectivity index (χ4n) is 3.19. The molecule has 3 aromatic rings. The first-order valence-corrected chi connectivity index (χ1v) is 10.2. The molecule has 1 aromatic carbocycles. The second-order valence-electron chi connectivity index (χ2n) is 7.34. The quantitative estimate of drug-likeness (QED) is 0.386. The predicted octanol–water partition coefficient (Wildman–Crippen LogP) is 2.47. The van der Waals surface area contributed by atoms with Crippen LogP contribution in [0.4, 0.5) is 0 Å². The average molecular weight is 409 g/mol. The number of aromatic nitrogens is 4. The third kappa shape index (κ3) is 5.79. The van der Waals surface area contributed by atoms with Crippen LogP contribution in [0.5, 0.6) is 0 Å². The second-order valence-corrected chi connectivity index (χ2v) is 7.34. The van der Waals surface area contributed by atoms with Crippen LogP contribution in [-0.4, -0.2) is 45.3 Å². The molecule has 0 fully saturated rings. The van der Waals surface area contributed by atoms with E-state index in [9.17, 15) is 9.59 Å². The standard InChI is InChI=1S/C22H28N6O2/c1-15-19(13-25-27-15)5-3-11-23-21(29)17-7-9-18(10-8-17)22(30)24-12-4-6-20-14-26-28-16(20)2/h7-10,13-14H,3-6,11-12H2,1-2H3,(H,23,29)(H,24,30)(H,25,27)(H,26,28). The van der Waals surface area contributed by atoms with E-state index >= 15 is 0 Å². The lowest BCUT2D eigenvalue weighted by Crippen LogP contribution is -2.26. The highest BCUT2D eigenvalue weighted by Crippen LogP contribution is 2.08. The first kappa shape index (κ1) is 21.3. The number of nitrogens with zero attached hydrogens (tertiary/aromatic N) is 2. The molecule has 30 heavy (non-hydrogen) atoms. The highest BCUT2D eigenvalue weighted by molar-refractivity contribution is 5.97. The molecule has 2 heterocycles. The van der Waals surface area contributed by atoms with Gasteiger partial charge in [0.05, 0.1) is 12.4 Å². The van der Waals surface area contributed by atoms with E-state index in [4.69, 9.17) is 0 Å². The summed E-state index contributed by atoms with van der Waals surface area (Å²) >= 11 is 0. The molecule has 0 radical (unpaired) electrons. The lowest BCUT2D eigenvalue weighted by Gasteiger charge is -2.07. The van der Waals surface area contributed by atoms with Crippen molar-refractivity contribution < 1.29 is 9.59 Å². The number of H-pyrrole nitrogens is 2. The number of amides is 2. The summed E-state index contributed by atoms with van der Waals surface area (Å²) in [5, 5.41) is 19.6. The molecule has 4 N–H and O–H groups in total. The summed E-state index contributed by atoms with van der Waals surface area (Å²) in [4.78, 5) is 24.5. The van der Waals surface area contributed by atoms with E-state index in [0.29, 0.717) is 24.2 Å². The lowest BCUT2D eigenvalue weighted by molar-refractivity contribution is 0.0941. The number of hydrogen-bond donors (Lipinski definition) is 4. The highest BCUT2D eigenvalue weighted by atomic mass is 16.2. The molecule has 0 saturated heterocycles. The number of rotatable bonds is 10. The van der Waals surface area contributed by atoms with Gasteiger partial charge in [0.15, 0.2) is 0 Å². The molecule has 0 atom stereocenters. The van der Waals surface area contributed by atoms with Crippen molar-refractivity contribution in [3.8, 4) is 0 Å². The maximum absolute atomic E-state index is 12.3. The van der Waals surface area contributed by atoms with Crippen molar-refractivity contribution in [3.05, 3.63) is 70.3 Å². The van der Waals surface area contributed by atoms with E-state index in [1.807, 2.05) is 26.2 Å². The van der Waals surface area contributed by atoms with E-state index in [1.165, 1.54) is 11.1 Å². The van der Waals surface area contributed by atoms with Crippen molar-refractivity contribution >= 4 is 11.8 Å². The molecule has 0 unspecified atom stereocenters. The van der Waals surface area contributed by atoms with Gasteiger partial charge in [-0.15, -0.1) is 0 Å². The van der Waals surface area contributed by atoms with Gasteiger partial charge in [-0.25, -0.2) is 0 Å². The van der Waals surface area contributed by atoms with Crippen molar-refractivity contribution in [1.82, 2.24) is 31.0 Å². The fourth-order valence-corrected chi connectivity index (χ4v) is 3.19. The van der Waals surface area contributed by atoms with Crippen molar-refractivity contribution in [1.29, 1.82) is 0 Å². The Morgan fingerprint density at radius 1 is 0.767 bits per heavy atom. The van der Waals surface area contributed by atoms with Gasteiger partial charge in [0.1, 0.15) is 0 Å². The van der Waals surface area contributed by atoms with Crippen LogP contribution in [0.25, 0.3) is 0 Å². The van der Waals surface area contributed by atoms with Crippen molar-refractivity contribution in [2.24, 2.45) is 0 Å². The normalized spacial score (nSPS) is 10.7. The van der Waals surface area contributed by atoms with Gasteiger partial charge < -0.3 is 10.6 Å². The number of benzene rings is 1. The fraction of sp³-hybridized carbons (Fsp3) is 0.364. The molecule has 8 heteroatoms. The Labute approximate surface area is 175 Å². The first-order valence-electron chi connectivity index (χ1n) is 10.2. The summed E-state index contributed by atoms with van der Waals surface area (Å²) in [5.41, 5.74) is 5.54. The topological polar surface area (TPSA) is 116 Å². The summed E-state index contributed by atoms with van der Waals surface area (Å²) in [6, 6.07) is 6.72. The van der Waals surface area contributed by atoms with Gasteiger partial charge in [-0.2, -0.15) is 10.2 Å². The summed E-state index contributed by atoms with van der Waals surface area (Å²) < 4.78 is 0. The molecular formula is C22H28N6O2. The average Bonchev–Trinajstić information content (AvgIpc) is 3.36. The summed E-state index contributed by atoms with van der Waals surface area (Å²) in [5.74, 6) is -0.275. The Bertz CT molecular complexity index is 894. The number of carbonyl (C=O) groups excluding carboxylic acids is 2. The zero-order valence-corrected chi connectivity index (χ0v) is 17.4. The van der Waals surface area contributed by atoms with Crippen molar-refractivity contribution in [2.75, 3.05) is 13.1 Å². The van der Waals surface area contributed by atoms with Gasteiger partial charge in [0, 0.05) is 35.6 Å². The second kappa shape index (κ2) is 10.4.